The van der Waals surface area contributed by atoms with Crippen LogP contribution >= 0.6 is 11.6 Å². The molecule has 4 N–H and O–H groups in total. The van der Waals surface area contributed by atoms with Gasteiger partial charge in [0.15, 0.2) is 6.29 Å². The number of benzene rings is 1. The number of halogens is 1. The van der Waals surface area contributed by atoms with Crippen molar-refractivity contribution in [3.63, 3.8) is 0 Å². The fourth-order valence-corrected chi connectivity index (χ4v) is 8.87. The molecule has 2 spiro atoms. The zero-order valence-electron chi connectivity index (χ0n) is 28.1. The van der Waals surface area contributed by atoms with E-state index in [1.807, 2.05) is 24.5 Å². The Labute approximate surface area is 298 Å². The molecule has 51 heavy (non-hydrogen) atoms. The lowest BCUT2D eigenvalue weighted by molar-refractivity contribution is 0.0908. The molecular formula is C40H35ClN6O4. The summed E-state index contributed by atoms with van der Waals surface area (Å²) in [5.41, 5.74) is 15.0. The summed E-state index contributed by atoms with van der Waals surface area (Å²) >= 11 is 6.05. The maximum Gasteiger partial charge on any atom is 0.253 e. The third kappa shape index (κ3) is 4.87. The van der Waals surface area contributed by atoms with Crippen LogP contribution in [0.2, 0.25) is 5.15 Å². The Morgan fingerprint density at radius 1 is 0.765 bits per heavy atom. The number of aryl methyl sites for hydroxylation is 2. The summed E-state index contributed by atoms with van der Waals surface area (Å²) in [5, 5.41) is 6.92. The molecule has 10 nitrogen and oxygen atoms in total. The number of carbonyl (C=O) groups is 3. The summed E-state index contributed by atoms with van der Waals surface area (Å²) in [6.45, 7) is 0. The molecule has 0 radical (unpaired) electrons. The van der Waals surface area contributed by atoms with Gasteiger partial charge < -0.3 is 25.3 Å². The van der Waals surface area contributed by atoms with Gasteiger partial charge in [-0.3, -0.25) is 19.4 Å². The number of H-pyrrole nitrogens is 2. The van der Waals surface area contributed by atoms with E-state index in [2.05, 4.69) is 36.6 Å². The largest absolute Gasteiger partial charge is 0.496 e. The predicted molar refractivity (Wildman–Crippen MR) is 192 cm³/mol. The molecule has 6 aliphatic rings. The molecule has 0 atom stereocenters. The minimum absolute atomic E-state index is 0.0158. The van der Waals surface area contributed by atoms with Gasteiger partial charge >= 0.3 is 0 Å². The van der Waals surface area contributed by atoms with Crippen LogP contribution in [0.3, 0.4) is 0 Å². The molecule has 0 unspecified atom stereocenters. The Kier molecular flexibility index (Phi) is 6.53. The number of hydrogen-bond donors (Lipinski definition) is 4. The summed E-state index contributed by atoms with van der Waals surface area (Å²) < 4.78 is 5.25. The Balaban J connectivity index is 0.000000136. The molecule has 0 bridgehead atoms. The van der Waals surface area contributed by atoms with E-state index < -0.39 is 0 Å². The number of rotatable bonds is 3. The molecule has 4 aromatic heterocycles. The molecule has 1 aromatic carbocycles. The van der Waals surface area contributed by atoms with Crippen molar-refractivity contribution in [2.75, 3.05) is 7.11 Å². The van der Waals surface area contributed by atoms with E-state index in [9.17, 15) is 14.4 Å². The number of fused-ring (bicyclic) bond motifs is 10. The molecule has 2 fully saturated rings. The van der Waals surface area contributed by atoms with Crippen LogP contribution in [0.5, 0.6) is 5.75 Å². The maximum atomic E-state index is 12.8. The molecule has 4 aliphatic carbocycles. The summed E-state index contributed by atoms with van der Waals surface area (Å²) in [5.74, 6) is 0.704. The van der Waals surface area contributed by atoms with Crippen LogP contribution in [0, 0.1) is 0 Å². The lowest BCUT2D eigenvalue weighted by Crippen LogP contribution is -2.43. The van der Waals surface area contributed by atoms with Crippen molar-refractivity contribution in [1.29, 1.82) is 0 Å². The third-order valence-electron chi connectivity index (χ3n) is 11.7. The number of ether oxygens (including phenoxy) is 1. The van der Waals surface area contributed by atoms with E-state index in [-0.39, 0.29) is 22.9 Å². The second kappa shape index (κ2) is 10.9. The molecule has 0 saturated heterocycles. The average Bonchev–Trinajstić information content (AvgIpc) is 3.98. The number of nitrogens with zero attached hydrogens (tertiary/aromatic N) is 2. The molecule has 11 rings (SSSR count). The van der Waals surface area contributed by atoms with Crippen molar-refractivity contribution < 1.29 is 19.1 Å². The first kappa shape index (κ1) is 30.6. The first-order chi connectivity index (χ1) is 24.8. The van der Waals surface area contributed by atoms with Gasteiger partial charge in [-0.15, -0.1) is 0 Å². The quantitative estimate of drug-likeness (QED) is 0.132. The number of hydrogen-bond acceptors (Lipinski definition) is 6. The minimum atomic E-state index is -0.0158. The number of nitrogens with one attached hydrogen (secondary N) is 4. The van der Waals surface area contributed by atoms with Crippen LogP contribution in [-0.2, 0) is 38.5 Å². The normalized spacial score (nSPS) is 18.8. The maximum absolute atomic E-state index is 12.8. The van der Waals surface area contributed by atoms with E-state index in [0.29, 0.717) is 16.5 Å². The number of carbonyl (C=O) groups excluding carboxylic acids is 3. The van der Waals surface area contributed by atoms with E-state index in [1.54, 1.807) is 19.2 Å². The van der Waals surface area contributed by atoms with Gasteiger partial charge in [0.25, 0.3) is 11.8 Å². The highest BCUT2D eigenvalue weighted by Gasteiger charge is 2.50. The summed E-state index contributed by atoms with van der Waals surface area (Å²) in [6.07, 6.45) is 14.2. The van der Waals surface area contributed by atoms with Crippen LogP contribution in [0.4, 0.5) is 0 Å². The fraction of sp³-hybridized carbons (Fsp3) is 0.325. The van der Waals surface area contributed by atoms with Gasteiger partial charge in [0.05, 0.1) is 40.9 Å². The van der Waals surface area contributed by atoms with E-state index >= 15 is 0 Å². The van der Waals surface area contributed by atoms with Gasteiger partial charge in [-0.1, -0.05) is 11.6 Å². The smallest absolute Gasteiger partial charge is 0.253 e. The van der Waals surface area contributed by atoms with E-state index in [4.69, 9.17) is 16.3 Å². The van der Waals surface area contributed by atoms with Crippen LogP contribution in [0.1, 0.15) is 90.4 Å². The van der Waals surface area contributed by atoms with Crippen LogP contribution in [-0.4, -0.2) is 56.2 Å². The van der Waals surface area contributed by atoms with Crippen molar-refractivity contribution >= 4 is 29.7 Å². The van der Waals surface area contributed by atoms with Crippen LogP contribution in [0.25, 0.3) is 33.8 Å². The number of aromatic amines is 2. The monoisotopic (exact) mass is 698 g/mol. The second-order valence-corrected chi connectivity index (χ2v) is 15.3. The van der Waals surface area contributed by atoms with Gasteiger partial charge in [0.2, 0.25) is 0 Å². The molecule has 6 heterocycles. The van der Waals surface area contributed by atoms with Crippen LogP contribution in [0.15, 0.2) is 42.7 Å². The molecule has 5 aromatic rings. The lowest BCUT2D eigenvalue weighted by Gasteiger charge is -2.24. The molecular weight excluding hydrogens is 664 g/mol. The zero-order chi connectivity index (χ0) is 34.6. The van der Waals surface area contributed by atoms with Gasteiger partial charge in [-0.05, 0) is 104 Å². The van der Waals surface area contributed by atoms with E-state index in [1.165, 1.54) is 11.1 Å². The Bertz CT molecular complexity index is 2360. The van der Waals surface area contributed by atoms with Crippen molar-refractivity contribution in [1.82, 2.24) is 30.6 Å². The van der Waals surface area contributed by atoms with E-state index in [0.717, 1.165) is 138 Å². The number of aromatic nitrogens is 4. The number of amides is 2. The highest BCUT2D eigenvalue weighted by atomic mass is 35.5. The molecule has 2 saturated carbocycles. The fourth-order valence-electron chi connectivity index (χ4n) is 8.71. The summed E-state index contributed by atoms with van der Waals surface area (Å²) in [7, 11) is 1.55. The van der Waals surface area contributed by atoms with Gasteiger partial charge in [0, 0.05) is 64.4 Å². The first-order valence-corrected chi connectivity index (χ1v) is 18.0. The molecule has 2 amide bonds. The van der Waals surface area contributed by atoms with Crippen molar-refractivity contribution in [2.24, 2.45) is 0 Å². The molecule has 2 aliphatic heterocycles. The van der Waals surface area contributed by atoms with Crippen molar-refractivity contribution in [3.05, 3.63) is 98.2 Å². The highest BCUT2D eigenvalue weighted by Crippen LogP contribution is 2.47. The summed E-state index contributed by atoms with van der Waals surface area (Å²) in [4.78, 5) is 52.6. The minimum Gasteiger partial charge on any atom is -0.496 e. The Morgan fingerprint density at radius 3 is 1.88 bits per heavy atom. The standard InChI is InChI=1S/C24H21N3O3.C16H14ClN3O/c1-30-20-5-3-13(8-15(20)12-28)18-9-17-14(11-25-18)2-4-16-21-19(26-22(16)17)10-24(6-7-24)27-23(21)29;17-12-5-10-8(7-18-12)1-2-9-13-11(19-14(9)10)6-16(3-4-16)20-15(13)21/h3,5,8-9,11-12,26H,2,4,6-7,10H2,1H3,(H,27,29);5,7,19H,1-4,6H2,(H,20,21). The molecule has 11 heteroatoms. The number of methoxy groups -OCH3 is 1. The van der Waals surface area contributed by atoms with Crippen molar-refractivity contribution in [3.8, 4) is 39.5 Å². The number of aldehydes is 1. The van der Waals surface area contributed by atoms with Gasteiger partial charge in [-0.25, -0.2) is 4.98 Å². The van der Waals surface area contributed by atoms with Crippen molar-refractivity contribution in [2.45, 2.75) is 75.3 Å². The first-order valence-electron chi connectivity index (χ1n) is 17.7. The lowest BCUT2D eigenvalue weighted by atomic mass is 9.87. The predicted octanol–water partition coefficient (Wildman–Crippen LogP) is 6.13. The third-order valence-corrected chi connectivity index (χ3v) is 11.9. The van der Waals surface area contributed by atoms with Crippen LogP contribution < -0.4 is 15.4 Å². The summed E-state index contributed by atoms with van der Waals surface area (Å²) in [6, 6.07) is 9.47. The molecule has 256 valence electrons. The average molecular weight is 699 g/mol. The Hall–Kier alpha value is -5.22. The zero-order valence-corrected chi connectivity index (χ0v) is 28.9. The second-order valence-electron chi connectivity index (χ2n) is 15.0. The van der Waals surface area contributed by atoms with Gasteiger partial charge in [-0.2, -0.15) is 0 Å². The highest BCUT2D eigenvalue weighted by molar-refractivity contribution is 6.29. The topological polar surface area (TPSA) is 142 Å². The Morgan fingerprint density at radius 2 is 1.33 bits per heavy atom. The van der Waals surface area contributed by atoms with Gasteiger partial charge in [0.1, 0.15) is 10.9 Å². The number of pyridine rings is 2. The SMILES string of the molecule is COc1ccc(-c2cc3c(cn2)CCc2c-3[nH]c3c2C(=O)NC2(CC2)C3)cc1C=O.O=C1NC2(CC2)Cc2[nH]c3c(c21)CCc1cnc(Cl)cc1-3.